The Labute approximate surface area is 121 Å². The van der Waals surface area contributed by atoms with Crippen LogP contribution in [0, 0.1) is 0 Å². The fourth-order valence-electron chi connectivity index (χ4n) is 1.65. The maximum absolute atomic E-state index is 5.43. The predicted octanol–water partition coefficient (Wildman–Crippen LogP) is 0.781. The van der Waals surface area contributed by atoms with Gasteiger partial charge in [0, 0.05) is 6.61 Å². The van der Waals surface area contributed by atoms with Crippen LogP contribution in [-0.2, 0) is 9.47 Å². The first-order valence-electron chi connectivity index (χ1n) is 6.10. The van der Waals surface area contributed by atoms with Gasteiger partial charge in [0.05, 0.1) is 20.3 Å². The molecule has 1 N–H and O–H groups in total. The second kappa shape index (κ2) is 7.15. The van der Waals surface area contributed by atoms with Crippen LogP contribution in [0.25, 0.3) is 0 Å². The zero-order valence-electron chi connectivity index (χ0n) is 11.3. The van der Waals surface area contributed by atoms with Gasteiger partial charge < -0.3 is 18.9 Å². The Bertz CT molecular complexity index is 445. The standard InChI is InChI=1S/C11H16N4O4S/c1-16-9-12-8(13-10(15-9)17-2)14-11(20)19-6-7-4-3-5-18-7/h7H,3-6H2,1-2H3,(H,12,13,14,15,20). The van der Waals surface area contributed by atoms with Crippen molar-refractivity contribution in [2.24, 2.45) is 0 Å². The molecule has 0 spiro atoms. The smallest absolute Gasteiger partial charge is 0.324 e. The molecule has 0 saturated carbocycles. The topological polar surface area (TPSA) is 87.6 Å². The molecule has 2 heterocycles. The highest BCUT2D eigenvalue weighted by molar-refractivity contribution is 7.80. The number of aromatic nitrogens is 3. The molecule has 1 fully saturated rings. The minimum Gasteiger partial charge on any atom is -0.468 e. The Morgan fingerprint density at radius 3 is 2.55 bits per heavy atom. The number of anilines is 1. The van der Waals surface area contributed by atoms with Gasteiger partial charge in [-0.25, -0.2) is 0 Å². The summed E-state index contributed by atoms with van der Waals surface area (Å²) < 4.78 is 20.7. The number of hydrogen-bond donors (Lipinski definition) is 1. The largest absolute Gasteiger partial charge is 0.468 e. The summed E-state index contributed by atoms with van der Waals surface area (Å²) in [5.41, 5.74) is 0. The Morgan fingerprint density at radius 1 is 1.30 bits per heavy atom. The van der Waals surface area contributed by atoms with Gasteiger partial charge in [0.1, 0.15) is 6.61 Å². The van der Waals surface area contributed by atoms with E-state index in [2.05, 4.69) is 20.3 Å². The molecule has 0 bridgehead atoms. The summed E-state index contributed by atoms with van der Waals surface area (Å²) in [5, 5.41) is 2.91. The molecule has 110 valence electrons. The molecule has 1 aromatic rings. The van der Waals surface area contributed by atoms with E-state index < -0.39 is 0 Å². The molecular weight excluding hydrogens is 284 g/mol. The van der Waals surface area contributed by atoms with E-state index in [4.69, 9.17) is 31.2 Å². The SMILES string of the molecule is COc1nc(NC(=S)OCC2CCCO2)nc(OC)n1. The molecule has 2 rings (SSSR count). The lowest BCUT2D eigenvalue weighted by molar-refractivity contribution is 0.0651. The molecule has 1 aromatic heterocycles. The number of rotatable bonds is 5. The number of methoxy groups -OCH3 is 2. The lowest BCUT2D eigenvalue weighted by atomic mass is 10.2. The van der Waals surface area contributed by atoms with Gasteiger partial charge in [-0.2, -0.15) is 9.97 Å². The molecule has 0 aliphatic carbocycles. The van der Waals surface area contributed by atoms with Crippen LogP contribution in [0.1, 0.15) is 12.8 Å². The molecule has 0 radical (unpaired) electrons. The molecule has 1 saturated heterocycles. The molecule has 1 atom stereocenters. The van der Waals surface area contributed by atoms with Crippen molar-refractivity contribution in [1.82, 2.24) is 15.0 Å². The second-order valence-corrected chi connectivity index (χ2v) is 4.36. The monoisotopic (exact) mass is 300 g/mol. The van der Waals surface area contributed by atoms with Crippen molar-refractivity contribution >= 4 is 23.3 Å². The second-order valence-electron chi connectivity index (χ2n) is 3.99. The third-order valence-corrected chi connectivity index (χ3v) is 2.82. The van der Waals surface area contributed by atoms with Crippen LogP contribution in [0.5, 0.6) is 12.0 Å². The van der Waals surface area contributed by atoms with Crippen molar-refractivity contribution in [3.05, 3.63) is 0 Å². The van der Waals surface area contributed by atoms with Crippen molar-refractivity contribution in [3.63, 3.8) is 0 Å². The third-order valence-electron chi connectivity index (χ3n) is 2.60. The van der Waals surface area contributed by atoms with E-state index in [-0.39, 0.29) is 29.2 Å². The lowest BCUT2D eigenvalue weighted by Gasteiger charge is -2.12. The Balaban J connectivity index is 1.89. The van der Waals surface area contributed by atoms with E-state index in [9.17, 15) is 0 Å². The Hall–Kier alpha value is -1.74. The van der Waals surface area contributed by atoms with Crippen LogP contribution in [0.2, 0.25) is 0 Å². The average molecular weight is 300 g/mol. The van der Waals surface area contributed by atoms with Crippen LogP contribution < -0.4 is 14.8 Å². The van der Waals surface area contributed by atoms with Gasteiger partial charge in [-0.05, 0) is 25.1 Å². The van der Waals surface area contributed by atoms with Crippen LogP contribution in [0.15, 0.2) is 0 Å². The van der Waals surface area contributed by atoms with E-state index in [1.807, 2.05) is 0 Å². The van der Waals surface area contributed by atoms with E-state index >= 15 is 0 Å². The van der Waals surface area contributed by atoms with Gasteiger partial charge in [0.15, 0.2) is 0 Å². The summed E-state index contributed by atoms with van der Waals surface area (Å²) in [5.74, 6) is 0.200. The van der Waals surface area contributed by atoms with Crippen LogP contribution in [-0.4, -0.2) is 53.7 Å². The summed E-state index contributed by atoms with van der Waals surface area (Å²) in [7, 11) is 2.90. The highest BCUT2D eigenvalue weighted by Gasteiger charge is 2.17. The van der Waals surface area contributed by atoms with E-state index in [0.717, 1.165) is 19.4 Å². The molecule has 1 aliphatic heterocycles. The van der Waals surface area contributed by atoms with E-state index in [0.29, 0.717) is 6.61 Å². The minimum absolute atomic E-state index is 0.0946. The van der Waals surface area contributed by atoms with Crippen LogP contribution in [0.3, 0.4) is 0 Å². The van der Waals surface area contributed by atoms with Gasteiger partial charge in [-0.3, -0.25) is 5.32 Å². The van der Waals surface area contributed by atoms with Crippen molar-refractivity contribution in [1.29, 1.82) is 0 Å². The predicted molar refractivity (Wildman–Crippen MR) is 74.1 cm³/mol. The maximum Gasteiger partial charge on any atom is 0.324 e. The van der Waals surface area contributed by atoms with Gasteiger partial charge in [0.2, 0.25) is 5.95 Å². The van der Waals surface area contributed by atoms with Crippen molar-refractivity contribution in [2.75, 3.05) is 32.8 Å². The van der Waals surface area contributed by atoms with Gasteiger partial charge in [-0.15, -0.1) is 4.98 Å². The summed E-state index contributed by atoms with van der Waals surface area (Å²) in [6.07, 6.45) is 2.13. The minimum atomic E-state index is 0.0946. The first-order valence-corrected chi connectivity index (χ1v) is 6.51. The molecule has 8 nitrogen and oxygen atoms in total. The Kier molecular flexibility index (Phi) is 5.24. The molecule has 1 unspecified atom stereocenters. The van der Waals surface area contributed by atoms with Gasteiger partial charge in [-0.1, -0.05) is 0 Å². The van der Waals surface area contributed by atoms with Gasteiger partial charge in [0.25, 0.3) is 5.17 Å². The number of thiocarbonyl (C=S) groups is 1. The molecule has 9 heteroatoms. The number of ether oxygens (including phenoxy) is 4. The average Bonchev–Trinajstić information content (AvgIpc) is 2.98. The summed E-state index contributed by atoms with van der Waals surface area (Å²) in [6.45, 7) is 1.18. The molecule has 20 heavy (non-hydrogen) atoms. The van der Waals surface area contributed by atoms with Crippen molar-refractivity contribution in [3.8, 4) is 12.0 Å². The summed E-state index contributed by atoms with van der Waals surface area (Å²) in [6, 6.07) is 0.252. The first-order chi connectivity index (χ1) is 9.71. The fourth-order valence-corrected chi connectivity index (χ4v) is 1.81. The first kappa shape index (κ1) is 14.7. The molecular formula is C11H16N4O4S. The summed E-state index contributed by atoms with van der Waals surface area (Å²) >= 11 is 5.06. The summed E-state index contributed by atoms with van der Waals surface area (Å²) in [4.78, 5) is 11.8. The molecule has 0 amide bonds. The Morgan fingerprint density at radius 2 is 2.00 bits per heavy atom. The normalized spacial score (nSPS) is 17.6. The highest BCUT2D eigenvalue weighted by atomic mass is 32.1. The highest BCUT2D eigenvalue weighted by Crippen LogP contribution is 2.14. The lowest BCUT2D eigenvalue weighted by Crippen LogP contribution is -2.22. The molecule has 0 aromatic carbocycles. The number of nitrogens with zero attached hydrogens (tertiary/aromatic N) is 3. The molecule has 1 aliphatic rings. The maximum atomic E-state index is 5.43. The van der Waals surface area contributed by atoms with Crippen LogP contribution in [0.4, 0.5) is 5.95 Å². The zero-order valence-corrected chi connectivity index (χ0v) is 12.1. The van der Waals surface area contributed by atoms with Crippen molar-refractivity contribution in [2.45, 2.75) is 18.9 Å². The number of hydrogen-bond acceptors (Lipinski definition) is 8. The zero-order chi connectivity index (χ0) is 14.4. The quantitative estimate of drug-likeness (QED) is 0.792. The van der Waals surface area contributed by atoms with E-state index in [1.165, 1.54) is 14.2 Å². The van der Waals surface area contributed by atoms with E-state index in [1.54, 1.807) is 0 Å². The third kappa shape index (κ3) is 4.14. The number of nitrogens with one attached hydrogen (secondary N) is 1. The van der Waals surface area contributed by atoms with Crippen LogP contribution >= 0.6 is 12.2 Å². The fraction of sp³-hybridized carbons (Fsp3) is 0.636. The van der Waals surface area contributed by atoms with Crippen molar-refractivity contribution < 1.29 is 18.9 Å². The van der Waals surface area contributed by atoms with Gasteiger partial charge >= 0.3 is 12.0 Å².